The highest BCUT2D eigenvalue weighted by Crippen LogP contribution is 2.24. The molecule has 2 N–H and O–H groups in total. The third-order valence-corrected chi connectivity index (χ3v) is 3.72. The van der Waals surface area contributed by atoms with E-state index in [1.807, 2.05) is 6.92 Å². The van der Waals surface area contributed by atoms with Crippen LogP contribution in [0.25, 0.3) is 0 Å². The van der Waals surface area contributed by atoms with Crippen molar-refractivity contribution in [2.75, 3.05) is 26.2 Å². The molecular weight excluding hydrogens is 224 g/mol. The first-order chi connectivity index (χ1) is 8.68. The Kier molecular flexibility index (Phi) is 4.75. The summed E-state index contributed by atoms with van der Waals surface area (Å²) in [6, 6.07) is 8.93. The number of benzene rings is 1. The van der Waals surface area contributed by atoms with Crippen LogP contribution in [0.3, 0.4) is 0 Å². The summed E-state index contributed by atoms with van der Waals surface area (Å²) in [5, 5.41) is 13.0. The van der Waals surface area contributed by atoms with Gasteiger partial charge in [0.1, 0.15) is 0 Å². The molecule has 1 saturated heterocycles. The quantitative estimate of drug-likeness (QED) is 0.849. The molecule has 1 aromatic carbocycles. The fraction of sp³-hybridized carbons (Fsp3) is 0.600. The molecule has 1 aliphatic rings. The van der Waals surface area contributed by atoms with Gasteiger partial charge in [-0.15, -0.1) is 0 Å². The van der Waals surface area contributed by atoms with Crippen molar-refractivity contribution in [3.8, 4) is 0 Å². The lowest BCUT2D eigenvalue weighted by Crippen LogP contribution is -2.44. The molecule has 18 heavy (non-hydrogen) atoms. The Balaban J connectivity index is 2.15. The highest BCUT2D eigenvalue weighted by molar-refractivity contribution is 5.30. The fourth-order valence-corrected chi connectivity index (χ4v) is 2.71. The maximum Gasteiger partial charge on any atom is 0.0552 e. The molecule has 2 unspecified atom stereocenters. The Labute approximate surface area is 110 Å². The van der Waals surface area contributed by atoms with Crippen molar-refractivity contribution < 1.29 is 5.11 Å². The van der Waals surface area contributed by atoms with Gasteiger partial charge in [0, 0.05) is 32.2 Å². The van der Waals surface area contributed by atoms with Gasteiger partial charge in [-0.1, -0.05) is 24.3 Å². The van der Waals surface area contributed by atoms with E-state index in [4.69, 9.17) is 0 Å². The van der Waals surface area contributed by atoms with Crippen molar-refractivity contribution in [2.45, 2.75) is 32.4 Å². The van der Waals surface area contributed by atoms with Crippen molar-refractivity contribution in [1.29, 1.82) is 0 Å². The second-order valence-electron chi connectivity index (χ2n) is 5.21. The van der Waals surface area contributed by atoms with Gasteiger partial charge in [0.2, 0.25) is 0 Å². The predicted molar refractivity (Wildman–Crippen MR) is 74.7 cm³/mol. The zero-order chi connectivity index (χ0) is 13.0. The SMILES string of the molecule is CC(O)Cc1ccccc1C(C)N1CCNCC1. The summed E-state index contributed by atoms with van der Waals surface area (Å²) in [5.74, 6) is 0. The molecule has 0 aromatic heterocycles. The van der Waals surface area contributed by atoms with Gasteiger partial charge < -0.3 is 10.4 Å². The highest BCUT2D eigenvalue weighted by Gasteiger charge is 2.20. The van der Waals surface area contributed by atoms with E-state index in [0.29, 0.717) is 6.04 Å². The first-order valence-electron chi connectivity index (χ1n) is 6.89. The Morgan fingerprint density at radius 1 is 1.22 bits per heavy atom. The molecule has 0 amide bonds. The number of hydrogen-bond donors (Lipinski definition) is 2. The second kappa shape index (κ2) is 6.32. The summed E-state index contributed by atoms with van der Waals surface area (Å²) < 4.78 is 0. The lowest BCUT2D eigenvalue weighted by molar-refractivity contribution is 0.179. The lowest BCUT2D eigenvalue weighted by atomic mass is 9.96. The molecule has 1 fully saturated rings. The topological polar surface area (TPSA) is 35.5 Å². The van der Waals surface area contributed by atoms with Crippen LogP contribution in [0.5, 0.6) is 0 Å². The maximum absolute atomic E-state index is 9.60. The van der Waals surface area contributed by atoms with E-state index in [-0.39, 0.29) is 6.10 Å². The summed E-state index contributed by atoms with van der Waals surface area (Å²) in [7, 11) is 0. The number of nitrogens with one attached hydrogen (secondary N) is 1. The largest absolute Gasteiger partial charge is 0.393 e. The van der Waals surface area contributed by atoms with Gasteiger partial charge in [-0.05, 0) is 31.4 Å². The molecule has 0 aliphatic carbocycles. The van der Waals surface area contributed by atoms with Crippen LogP contribution in [0.15, 0.2) is 24.3 Å². The molecule has 1 aromatic rings. The lowest BCUT2D eigenvalue weighted by Gasteiger charge is -2.34. The normalized spacial score (nSPS) is 20.6. The Morgan fingerprint density at radius 2 is 1.89 bits per heavy atom. The van der Waals surface area contributed by atoms with Gasteiger partial charge in [0.05, 0.1) is 6.10 Å². The van der Waals surface area contributed by atoms with Gasteiger partial charge in [-0.25, -0.2) is 0 Å². The summed E-state index contributed by atoms with van der Waals surface area (Å²) >= 11 is 0. The number of aliphatic hydroxyl groups excluding tert-OH is 1. The minimum Gasteiger partial charge on any atom is -0.393 e. The van der Waals surface area contributed by atoms with Crippen molar-refractivity contribution in [3.05, 3.63) is 35.4 Å². The molecule has 2 atom stereocenters. The van der Waals surface area contributed by atoms with Crippen LogP contribution in [0, 0.1) is 0 Å². The van der Waals surface area contributed by atoms with Gasteiger partial charge in [-0.3, -0.25) is 4.90 Å². The van der Waals surface area contributed by atoms with Crippen molar-refractivity contribution in [2.24, 2.45) is 0 Å². The third-order valence-electron chi connectivity index (χ3n) is 3.72. The molecule has 2 rings (SSSR count). The van der Waals surface area contributed by atoms with Gasteiger partial charge in [0.25, 0.3) is 0 Å². The highest BCUT2D eigenvalue weighted by atomic mass is 16.3. The monoisotopic (exact) mass is 248 g/mol. The second-order valence-corrected chi connectivity index (χ2v) is 5.21. The number of piperazine rings is 1. The first kappa shape index (κ1) is 13.5. The number of nitrogens with zero attached hydrogens (tertiary/aromatic N) is 1. The number of aliphatic hydroxyl groups is 1. The standard InChI is InChI=1S/C15H24N2O/c1-12(18)11-14-5-3-4-6-15(14)13(2)17-9-7-16-8-10-17/h3-6,12-13,16,18H,7-11H2,1-2H3. The van der Waals surface area contributed by atoms with Crippen molar-refractivity contribution in [3.63, 3.8) is 0 Å². The average molecular weight is 248 g/mol. The zero-order valence-electron chi connectivity index (χ0n) is 11.4. The fourth-order valence-electron chi connectivity index (χ4n) is 2.71. The van der Waals surface area contributed by atoms with Crippen LogP contribution in [0.2, 0.25) is 0 Å². The van der Waals surface area contributed by atoms with E-state index in [1.54, 1.807) is 0 Å². The van der Waals surface area contributed by atoms with E-state index in [0.717, 1.165) is 32.6 Å². The van der Waals surface area contributed by atoms with Gasteiger partial charge in [-0.2, -0.15) is 0 Å². The minimum absolute atomic E-state index is 0.277. The van der Waals surface area contributed by atoms with E-state index in [1.165, 1.54) is 11.1 Å². The number of rotatable bonds is 4. The van der Waals surface area contributed by atoms with Crippen LogP contribution >= 0.6 is 0 Å². The third kappa shape index (κ3) is 3.31. The summed E-state index contributed by atoms with van der Waals surface area (Å²) in [6.45, 7) is 8.47. The van der Waals surface area contributed by atoms with Crippen molar-refractivity contribution >= 4 is 0 Å². The molecule has 0 saturated carbocycles. The summed E-state index contributed by atoms with van der Waals surface area (Å²) in [5.41, 5.74) is 2.64. The molecule has 3 heteroatoms. The average Bonchev–Trinajstić information content (AvgIpc) is 2.39. The molecule has 100 valence electrons. The molecule has 1 heterocycles. The van der Waals surface area contributed by atoms with Crippen molar-refractivity contribution in [1.82, 2.24) is 10.2 Å². The van der Waals surface area contributed by atoms with E-state index in [9.17, 15) is 5.11 Å². The summed E-state index contributed by atoms with van der Waals surface area (Å²) in [4.78, 5) is 2.51. The van der Waals surface area contributed by atoms with Crippen LogP contribution in [-0.4, -0.2) is 42.3 Å². The molecule has 0 bridgehead atoms. The van der Waals surface area contributed by atoms with Gasteiger partial charge >= 0.3 is 0 Å². The smallest absolute Gasteiger partial charge is 0.0552 e. The molecular formula is C15H24N2O. The Morgan fingerprint density at radius 3 is 2.56 bits per heavy atom. The zero-order valence-corrected chi connectivity index (χ0v) is 11.4. The molecule has 0 spiro atoms. The molecule has 3 nitrogen and oxygen atoms in total. The van der Waals surface area contributed by atoms with Gasteiger partial charge in [0.15, 0.2) is 0 Å². The predicted octanol–water partition coefficient (Wildman–Crippen LogP) is 1.58. The van der Waals surface area contributed by atoms with Crippen LogP contribution in [-0.2, 0) is 6.42 Å². The number of hydrogen-bond acceptors (Lipinski definition) is 3. The van der Waals surface area contributed by atoms with Crippen LogP contribution < -0.4 is 5.32 Å². The Bertz CT molecular complexity index is 373. The van der Waals surface area contributed by atoms with E-state index < -0.39 is 0 Å². The van der Waals surface area contributed by atoms with E-state index in [2.05, 4.69) is 41.4 Å². The maximum atomic E-state index is 9.60. The Hall–Kier alpha value is -0.900. The summed E-state index contributed by atoms with van der Waals surface area (Å²) in [6.07, 6.45) is 0.466. The minimum atomic E-state index is -0.277. The molecule has 1 aliphatic heterocycles. The van der Waals surface area contributed by atoms with Crippen LogP contribution in [0.1, 0.15) is 31.0 Å². The first-order valence-corrected chi connectivity index (χ1v) is 6.89. The molecule has 0 radical (unpaired) electrons. The van der Waals surface area contributed by atoms with E-state index >= 15 is 0 Å². The van der Waals surface area contributed by atoms with Crippen LogP contribution in [0.4, 0.5) is 0 Å².